The number of hydrogen-bond donors (Lipinski definition) is 1. The summed E-state index contributed by atoms with van der Waals surface area (Å²) in [5.74, 6) is -0.503. The highest BCUT2D eigenvalue weighted by Crippen LogP contribution is 2.49. The molecule has 2 rings (SSSR count). The van der Waals surface area contributed by atoms with Gasteiger partial charge in [-0.1, -0.05) is 24.3 Å². The first-order valence-electron chi connectivity index (χ1n) is 5.70. The van der Waals surface area contributed by atoms with Gasteiger partial charge >= 0.3 is 0 Å². The lowest BCUT2D eigenvalue weighted by Crippen LogP contribution is -2.36. The summed E-state index contributed by atoms with van der Waals surface area (Å²) < 4.78 is 0. The standard InChI is InChI=1S/C14H15NO2/c1-2-8-14(9-10-14)13(17)15-12(16)11-6-4-3-5-7-11/h2-7H,1,8-10H2,(H,15,16,17). The van der Waals surface area contributed by atoms with Gasteiger partial charge in [0.25, 0.3) is 5.91 Å². The summed E-state index contributed by atoms with van der Waals surface area (Å²) in [6.45, 7) is 3.64. The zero-order chi connectivity index (χ0) is 12.3. The fraction of sp³-hybridized carbons (Fsp3) is 0.286. The number of nitrogens with one attached hydrogen (secondary N) is 1. The molecule has 88 valence electrons. The average molecular weight is 229 g/mol. The average Bonchev–Trinajstić information content (AvgIpc) is 3.12. The van der Waals surface area contributed by atoms with Gasteiger partial charge in [0.1, 0.15) is 0 Å². The van der Waals surface area contributed by atoms with Crippen LogP contribution in [0.3, 0.4) is 0 Å². The second kappa shape index (κ2) is 4.53. The Morgan fingerprint density at radius 2 is 1.94 bits per heavy atom. The van der Waals surface area contributed by atoms with Crippen molar-refractivity contribution in [1.29, 1.82) is 0 Å². The number of carbonyl (C=O) groups is 2. The molecule has 0 heterocycles. The molecule has 3 heteroatoms. The first-order chi connectivity index (χ1) is 8.18. The minimum absolute atomic E-state index is 0.175. The van der Waals surface area contributed by atoms with Crippen LogP contribution in [0, 0.1) is 5.41 Å². The monoisotopic (exact) mass is 229 g/mol. The van der Waals surface area contributed by atoms with E-state index in [1.807, 2.05) is 6.07 Å². The summed E-state index contributed by atoms with van der Waals surface area (Å²) in [6, 6.07) is 8.76. The zero-order valence-corrected chi connectivity index (χ0v) is 9.61. The summed E-state index contributed by atoms with van der Waals surface area (Å²) in [7, 11) is 0. The minimum Gasteiger partial charge on any atom is -0.292 e. The Kier molecular flexibility index (Phi) is 3.09. The van der Waals surface area contributed by atoms with Gasteiger partial charge in [-0.3, -0.25) is 14.9 Å². The van der Waals surface area contributed by atoms with Gasteiger partial charge in [0.05, 0.1) is 5.41 Å². The van der Waals surface area contributed by atoms with Crippen LogP contribution >= 0.6 is 0 Å². The molecule has 0 unspecified atom stereocenters. The molecule has 0 spiro atoms. The lowest BCUT2D eigenvalue weighted by atomic mass is 10.0. The number of imide groups is 1. The van der Waals surface area contributed by atoms with Gasteiger partial charge in [0.15, 0.2) is 0 Å². The summed E-state index contributed by atoms with van der Waals surface area (Å²) in [4.78, 5) is 23.7. The number of hydrogen-bond acceptors (Lipinski definition) is 2. The Bertz CT molecular complexity index is 447. The van der Waals surface area contributed by atoms with E-state index in [2.05, 4.69) is 11.9 Å². The molecule has 0 saturated heterocycles. The number of benzene rings is 1. The highest BCUT2D eigenvalue weighted by Gasteiger charge is 2.48. The van der Waals surface area contributed by atoms with Crippen LogP contribution in [-0.4, -0.2) is 11.8 Å². The van der Waals surface area contributed by atoms with Gasteiger partial charge in [0.2, 0.25) is 5.91 Å². The molecule has 1 aliphatic rings. The summed E-state index contributed by atoms with van der Waals surface area (Å²) in [5.41, 5.74) is 0.141. The molecule has 0 atom stereocenters. The van der Waals surface area contributed by atoms with Crippen molar-refractivity contribution >= 4 is 11.8 Å². The lowest BCUT2D eigenvalue weighted by molar-refractivity contribution is -0.125. The van der Waals surface area contributed by atoms with E-state index in [9.17, 15) is 9.59 Å². The van der Waals surface area contributed by atoms with Crippen molar-refractivity contribution < 1.29 is 9.59 Å². The van der Waals surface area contributed by atoms with Crippen LogP contribution in [-0.2, 0) is 4.79 Å². The van der Waals surface area contributed by atoms with Crippen molar-refractivity contribution in [2.24, 2.45) is 5.41 Å². The predicted molar refractivity (Wildman–Crippen MR) is 65.4 cm³/mol. The Balaban J connectivity index is 2.00. The summed E-state index contributed by atoms with van der Waals surface area (Å²) in [6.07, 6.45) is 4.06. The Hall–Kier alpha value is -1.90. The topological polar surface area (TPSA) is 46.2 Å². The van der Waals surface area contributed by atoms with E-state index in [-0.39, 0.29) is 17.2 Å². The maximum Gasteiger partial charge on any atom is 0.257 e. The molecule has 1 N–H and O–H groups in total. The number of rotatable bonds is 4. The molecule has 17 heavy (non-hydrogen) atoms. The third kappa shape index (κ3) is 2.44. The molecule has 1 aliphatic carbocycles. The van der Waals surface area contributed by atoms with Gasteiger partial charge < -0.3 is 0 Å². The first kappa shape index (κ1) is 11.6. The van der Waals surface area contributed by atoms with Crippen LogP contribution in [0.1, 0.15) is 29.6 Å². The van der Waals surface area contributed by atoms with Crippen LogP contribution in [0.25, 0.3) is 0 Å². The van der Waals surface area contributed by atoms with Gasteiger partial charge in [0, 0.05) is 5.56 Å². The molecule has 3 nitrogen and oxygen atoms in total. The molecule has 0 aromatic heterocycles. The molecule has 2 amide bonds. The van der Waals surface area contributed by atoms with E-state index in [1.54, 1.807) is 30.3 Å². The third-order valence-electron chi connectivity index (χ3n) is 3.13. The molecular weight excluding hydrogens is 214 g/mol. The van der Waals surface area contributed by atoms with E-state index in [4.69, 9.17) is 0 Å². The fourth-order valence-electron chi connectivity index (χ4n) is 1.85. The van der Waals surface area contributed by atoms with Crippen molar-refractivity contribution in [1.82, 2.24) is 5.32 Å². The summed E-state index contributed by atoms with van der Waals surface area (Å²) >= 11 is 0. The van der Waals surface area contributed by atoms with E-state index >= 15 is 0 Å². The molecular formula is C14H15NO2. The first-order valence-corrected chi connectivity index (χ1v) is 5.70. The van der Waals surface area contributed by atoms with Gasteiger partial charge in [-0.2, -0.15) is 0 Å². The van der Waals surface area contributed by atoms with Gasteiger partial charge in [-0.25, -0.2) is 0 Å². The van der Waals surface area contributed by atoms with E-state index in [0.717, 1.165) is 12.8 Å². The predicted octanol–water partition coefficient (Wildman–Crippen LogP) is 2.30. The number of allylic oxidation sites excluding steroid dienone is 1. The molecule has 0 radical (unpaired) electrons. The Morgan fingerprint density at radius 1 is 1.29 bits per heavy atom. The lowest BCUT2D eigenvalue weighted by Gasteiger charge is -2.12. The third-order valence-corrected chi connectivity index (χ3v) is 3.13. The van der Waals surface area contributed by atoms with E-state index in [1.165, 1.54) is 0 Å². The van der Waals surface area contributed by atoms with Crippen molar-refractivity contribution in [2.75, 3.05) is 0 Å². The Labute approximate surface area is 101 Å². The normalized spacial score (nSPS) is 16.0. The highest BCUT2D eigenvalue weighted by molar-refractivity contribution is 6.06. The van der Waals surface area contributed by atoms with Crippen molar-refractivity contribution in [3.05, 3.63) is 48.6 Å². The molecule has 0 bridgehead atoms. The molecule has 1 aromatic carbocycles. The van der Waals surface area contributed by atoms with Crippen LogP contribution in [0.4, 0.5) is 0 Å². The van der Waals surface area contributed by atoms with E-state index in [0.29, 0.717) is 12.0 Å². The maximum absolute atomic E-state index is 11.9. The molecule has 1 saturated carbocycles. The molecule has 1 fully saturated rings. The zero-order valence-electron chi connectivity index (χ0n) is 9.61. The second-order valence-electron chi connectivity index (χ2n) is 4.42. The van der Waals surface area contributed by atoms with Crippen LogP contribution in [0.15, 0.2) is 43.0 Å². The largest absolute Gasteiger partial charge is 0.292 e. The van der Waals surface area contributed by atoms with Crippen molar-refractivity contribution in [2.45, 2.75) is 19.3 Å². The highest BCUT2D eigenvalue weighted by atomic mass is 16.2. The minimum atomic E-state index is -0.369. The quantitative estimate of drug-likeness (QED) is 0.636. The molecule has 0 aliphatic heterocycles. The SMILES string of the molecule is C=CCC1(C(=O)NC(=O)c2ccccc2)CC1. The number of amides is 2. The Morgan fingerprint density at radius 3 is 2.47 bits per heavy atom. The smallest absolute Gasteiger partial charge is 0.257 e. The molecule has 1 aromatic rings. The van der Waals surface area contributed by atoms with Crippen molar-refractivity contribution in [3.8, 4) is 0 Å². The van der Waals surface area contributed by atoms with Crippen LogP contribution < -0.4 is 5.32 Å². The second-order valence-corrected chi connectivity index (χ2v) is 4.42. The van der Waals surface area contributed by atoms with Gasteiger partial charge in [-0.05, 0) is 31.4 Å². The fourth-order valence-corrected chi connectivity index (χ4v) is 1.85. The van der Waals surface area contributed by atoms with Crippen molar-refractivity contribution in [3.63, 3.8) is 0 Å². The van der Waals surface area contributed by atoms with Crippen LogP contribution in [0.2, 0.25) is 0 Å². The van der Waals surface area contributed by atoms with Crippen LogP contribution in [0.5, 0.6) is 0 Å². The van der Waals surface area contributed by atoms with Gasteiger partial charge in [-0.15, -0.1) is 6.58 Å². The maximum atomic E-state index is 11.9. The van der Waals surface area contributed by atoms with E-state index < -0.39 is 0 Å². The number of carbonyl (C=O) groups excluding carboxylic acids is 2. The summed E-state index contributed by atoms with van der Waals surface area (Å²) in [5, 5.41) is 2.46.